The topological polar surface area (TPSA) is 116 Å². The van der Waals surface area contributed by atoms with Gasteiger partial charge in [0.2, 0.25) is 6.79 Å². The summed E-state index contributed by atoms with van der Waals surface area (Å²) in [5.41, 5.74) is 0.0795. The molecule has 2 heterocycles. The van der Waals surface area contributed by atoms with Crippen LogP contribution in [0.15, 0.2) is 41.3 Å². The van der Waals surface area contributed by atoms with Gasteiger partial charge >= 0.3 is 0 Å². The second kappa shape index (κ2) is 7.81. The molecule has 9 nitrogen and oxygen atoms in total. The number of Topliss-reactive ketones (excluding diaryl/α,β-unsaturated/α-hetero) is 1. The van der Waals surface area contributed by atoms with Gasteiger partial charge in [0.15, 0.2) is 17.3 Å². The fraction of sp³-hybridized carbons (Fsp3) is 0.105. The zero-order valence-electron chi connectivity index (χ0n) is 15.0. The van der Waals surface area contributed by atoms with Crippen molar-refractivity contribution in [3.05, 3.63) is 67.6 Å². The van der Waals surface area contributed by atoms with Crippen LogP contribution < -0.4 is 9.47 Å². The van der Waals surface area contributed by atoms with Crippen LogP contribution in [0.2, 0.25) is 5.02 Å². The number of hydrogen-bond acceptors (Lipinski definition) is 8. The molecule has 152 valence electrons. The second-order valence-electron chi connectivity index (χ2n) is 6.22. The van der Waals surface area contributed by atoms with Crippen LogP contribution in [0.25, 0.3) is 6.08 Å². The first-order chi connectivity index (χ1) is 14.3. The number of thioether (sulfide) groups is 1. The third-order valence-electron chi connectivity index (χ3n) is 4.35. The standard InChI is InChI=1S/C19H11ClN2O7S/c20-12-3-1-10(2-4-12)14(23)8-21-18(24)17(30-19(21)25)6-11-5-15-16(29-9-28-15)7-13(11)22(26)27/h1-7H,8-9H2/b17-6-. The molecule has 2 aliphatic rings. The quantitative estimate of drug-likeness (QED) is 0.294. The van der Waals surface area contributed by atoms with E-state index in [2.05, 4.69) is 0 Å². The molecule has 0 N–H and O–H groups in total. The van der Waals surface area contributed by atoms with Crippen LogP contribution in [-0.4, -0.2) is 40.1 Å². The van der Waals surface area contributed by atoms with Crippen molar-refractivity contribution in [2.75, 3.05) is 13.3 Å². The number of hydrogen-bond donors (Lipinski definition) is 0. The maximum atomic E-state index is 12.7. The van der Waals surface area contributed by atoms with Crippen molar-refractivity contribution in [3.8, 4) is 11.5 Å². The molecule has 0 aliphatic carbocycles. The number of carbonyl (C=O) groups excluding carboxylic acids is 3. The molecular weight excluding hydrogens is 436 g/mol. The zero-order valence-corrected chi connectivity index (χ0v) is 16.6. The molecule has 1 saturated heterocycles. The average molecular weight is 447 g/mol. The maximum absolute atomic E-state index is 12.7. The van der Waals surface area contributed by atoms with Crippen molar-refractivity contribution in [1.29, 1.82) is 0 Å². The van der Waals surface area contributed by atoms with Crippen LogP contribution in [0.1, 0.15) is 15.9 Å². The molecule has 2 aromatic rings. The molecule has 0 bridgehead atoms. The van der Waals surface area contributed by atoms with Gasteiger partial charge in [0.05, 0.1) is 28.0 Å². The molecule has 0 atom stereocenters. The van der Waals surface area contributed by atoms with E-state index in [1.165, 1.54) is 42.5 Å². The van der Waals surface area contributed by atoms with E-state index in [0.717, 1.165) is 4.90 Å². The number of rotatable bonds is 5. The fourth-order valence-corrected chi connectivity index (χ4v) is 3.82. The number of fused-ring (bicyclic) bond motifs is 1. The third kappa shape index (κ3) is 3.74. The molecule has 0 spiro atoms. The number of benzene rings is 2. The first-order valence-corrected chi connectivity index (χ1v) is 9.65. The van der Waals surface area contributed by atoms with Crippen LogP contribution in [0.4, 0.5) is 10.5 Å². The highest BCUT2D eigenvalue weighted by atomic mass is 35.5. The molecule has 30 heavy (non-hydrogen) atoms. The molecule has 2 aliphatic heterocycles. The summed E-state index contributed by atoms with van der Waals surface area (Å²) in [5.74, 6) is -0.631. The minimum Gasteiger partial charge on any atom is -0.454 e. The number of ether oxygens (including phenoxy) is 2. The number of nitro groups is 1. The van der Waals surface area contributed by atoms with Gasteiger partial charge in [-0.3, -0.25) is 29.4 Å². The van der Waals surface area contributed by atoms with Crippen molar-refractivity contribution >= 4 is 52.1 Å². The van der Waals surface area contributed by atoms with Gasteiger partial charge in [-0.2, -0.15) is 0 Å². The summed E-state index contributed by atoms with van der Waals surface area (Å²) in [4.78, 5) is 48.9. The summed E-state index contributed by atoms with van der Waals surface area (Å²) in [6.07, 6.45) is 1.23. The van der Waals surface area contributed by atoms with Crippen molar-refractivity contribution in [1.82, 2.24) is 4.90 Å². The largest absolute Gasteiger partial charge is 0.454 e. The molecule has 11 heteroatoms. The molecule has 2 aromatic carbocycles. The number of nitro benzene ring substituents is 1. The van der Waals surface area contributed by atoms with Crippen molar-refractivity contribution in [2.24, 2.45) is 0 Å². The lowest BCUT2D eigenvalue weighted by molar-refractivity contribution is -0.385. The van der Waals surface area contributed by atoms with Crippen molar-refractivity contribution in [2.45, 2.75) is 0 Å². The number of ketones is 1. The Morgan fingerprint density at radius 3 is 2.53 bits per heavy atom. The van der Waals surface area contributed by atoms with Gasteiger partial charge in [-0.05, 0) is 48.2 Å². The Morgan fingerprint density at radius 2 is 1.87 bits per heavy atom. The third-order valence-corrected chi connectivity index (χ3v) is 5.51. The molecule has 2 amide bonds. The number of nitrogens with zero attached hydrogens (tertiary/aromatic N) is 2. The molecule has 1 fully saturated rings. The predicted molar refractivity (Wildman–Crippen MR) is 108 cm³/mol. The van der Waals surface area contributed by atoms with Crippen LogP contribution in [0, 0.1) is 10.1 Å². The summed E-state index contributed by atoms with van der Waals surface area (Å²) in [5, 5.41) is 11.2. The molecule has 0 radical (unpaired) electrons. The summed E-state index contributed by atoms with van der Waals surface area (Å²) in [6, 6.07) is 8.61. The van der Waals surface area contributed by atoms with E-state index < -0.39 is 28.4 Å². The van der Waals surface area contributed by atoms with E-state index in [1.807, 2.05) is 0 Å². The molecule has 0 unspecified atom stereocenters. The van der Waals surface area contributed by atoms with Gasteiger partial charge in [-0.25, -0.2) is 0 Å². The summed E-state index contributed by atoms with van der Waals surface area (Å²) in [6.45, 7) is -0.522. The lowest BCUT2D eigenvalue weighted by atomic mass is 10.1. The Kier molecular flexibility index (Phi) is 5.18. The Hall–Kier alpha value is -3.37. The Morgan fingerprint density at radius 1 is 1.20 bits per heavy atom. The van der Waals surface area contributed by atoms with E-state index in [-0.39, 0.29) is 28.7 Å². The molecule has 4 rings (SSSR count). The van der Waals surface area contributed by atoms with Gasteiger partial charge < -0.3 is 9.47 Å². The molecule has 0 aromatic heterocycles. The highest BCUT2D eigenvalue weighted by Crippen LogP contribution is 2.40. The highest BCUT2D eigenvalue weighted by molar-refractivity contribution is 8.18. The van der Waals surface area contributed by atoms with Crippen LogP contribution in [0.5, 0.6) is 11.5 Å². The first-order valence-electron chi connectivity index (χ1n) is 8.45. The minimum absolute atomic E-state index is 0.0362. The fourth-order valence-electron chi connectivity index (χ4n) is 2.87. The Labute approximate surface area is 178 Å². The Bertz CT molecular complexity index is 1130. The monoisotopic (exact) mass is 446 g/mol. The van der Waals surface area contributed by atoms with Gasteiger partial charge in [0, 0.05) is 10.6 Å². The predicted octanol–water partition coefficient (Wildman–Crippen LogP) is 3.90. The minimum atomic E-state index is -0.709. The lowest BCUT2D eigenvalue weighted by Gasteiger charge is -2.11. The smallest absolute Gasteiger partial charge is 0.293 e. The van der Waals surface area contributed by atoms with Gasteiger partial charge in [-0.1, -0.05) is 11.6 Å². The van der Waals surface area contributed by atoms with E-state index in [1.54, 1.807) is 0 Å². The number of amides is 2. The molecule has 0 saturated carbocycles. The van der Waals surface area contributed by atoms with E-state index in [0.29, 0.717) is 28.1 Å². The van der Waals surface area contributed by atoms with Crippen LogP contribution >= 0.6 is 23.4 Å². The summed E-state index contributed by atoms with van der Waals surface area (Å²) >= 11 is 6.39. The van der Waals surface area contributed by atoms with Gasteiger partial charge in [0.1, 0.15) is 0 Å². The highest BCUT2D eigenvalue weighted by Gasteiger charge is 2.37. The summed E-state index contributed by atoms with van der Waals surface area (Å²) < 4.78 is 10.4. The summed E-state index contributed by atoms with van der Waals surface area (Å²) in [7, 11) is 0. The lowest BCUT2D eigenvalue weighted by Crippen LogP contribution is -2.33. The average Bonchev–Trinajstić information content (AvgIpc) is 3.27. The first kappa shape index (κ1) is 19.9. The van der Waals surface area contributed by atoms with E-state index >= 15 is 0 Å². The maximum Gasteiger partial charge on any atom is 0.293 e. The van der Waals surface area contributed by atoms with Gasteiger partial charge in [0.25, 0.3) is 16.8 Å². The van der Waals surface area contributed by atoms with E-state index in [9.17, 15) is 24.5 Å². The Balaban J connectivity index is 1.60. The zero-order chi connectivity index (χ0) is 21.4. The van der Waals surface area contributed by atoms with Crippen LogP contribution in [0.3, 0.4) is 0 Å². The normalized spacial score (nSPS) is 16.4. The van der Waals surface area contributed by atoms with Crippen molar-refractivity contribution in [3.63, 3.8) is 0 Å². The van der Waals surface area contributed by atoms with Gasteiger partial charge in [-0.15, -0.1) is 0 Å². The van der Waals surface area contributed by atoms with Crippen molar-refractivity contribution < 1.29 is 28.8 Å². The second-order valence-corrected chi connectivity index (χ2v) is 7.65. The number of halogens is 1. The molecular formula is C19H11ClN2O7S. The van der Waals surface area contributed by atoms with Crippen LogP contribution in [-0.2, 0) is 4.79 Å². The number of carbonyl (C=O) groups is 3. The number of imide groups is 1. The SMILES string of the molecule is O=C(CN1C(=O)S/C(=C\c2cc3c(cc2[N+](=O)[O-])OCO3)C1=O)c1ccc(Cl)cc1. The van der Waals surface area contributed by atoms with E-state index in [4.69, 9.17) is 21.1 Å².